The molecule has 0 saturated heterocycles. The van der Waals surface area contributed by atoms with Gasteiger partial charge in [0.1, 0.15) is 6.54 Å². The second-order valence-corrected chi connectivity index (χ2v) is 4.52. The lowest BCUT2D eigenvalue weighted by molar-refractivity contribution is -0.122. The number of aromatic nitrogens is 4. The van der Waals surface area contributed by atoms with Gasteiger partial charge in [0.05, 0.1) is 17.6 Å². The van der Waals surface area contributed by atoms with Crippen LogP contribution >= 0.6 is 0 Å². The van der Waals surface area contributed by atoms with Crippen LogP contribution in [0.5, 0.6) is 0 Å². The molecule has 0 aliphatic carbocycles. The molecule has 3 N–H and O–H groups in total. The van der Waals surface area contributed by atoms with Gasteiger partial charge in [-0.15, -0.1) is 0 Å². The number of anilines is 1. The lowest BCUT2D eigenvalue weighted by atomic mass is 10.2. The van der Waals surface area contributed by atoms with Gasteiger partial charge in [0.25, 0.3) is 0 Å². The van der Waals surface area contributed by atoms with Crippen LogP contribution in [0.15, 0.2) is 12.4 Å². The minimum absolute atomic E-state index is 0.106. The number of carbonyl (C=O) groups is 1. The molecule has 1 amide bonds. The Labute approximate surface area is 111 Å². The van der Waals surface area contributed by atoms with Crippen molar-refractivity contribution in [2.24, 2.45) is 7.05 Å². The topological polar surface area (TPSA) is 90.8 Å². The molecule has 0 spiro atoms. The molecule has 7 heteroatoms. The first kappa shape index (κ1) is 13.1. The van der Waals surface area contributed by atoms with Gasteiger partial charge >= 0.3 is 0 Å². The van der Waals surface area contributed by atoms with Crippen molar-refractivity contribution >= 4 is 11.6 Å². The summed E-state index contributed by atoms with van der Waals surface area (Å²) in [6, 6.07) is 0. The predicted molar refractivity (Wildman–Crippen MR) is 71.2 cm³/mol. The fraction of sp³-hybridized carbons (Fsp3) is 0.417. The number of aryl methyl sites for hydroxylation is 2. The molecule has 2 heterocycles. The molecule has 0 aliphatic heterocycles. The number of nitrogens with two attached hydrogens (primary N) is 1. The molecule has 0 unspecified atom stereocenters. The maximum Gasteiger partial charge on any atom is 0.242 e. The highest BCUT2D eigenvalue weighted by Gasteiger charge is 2.11. The zero-order valence-corrected chi connectivity index (χ0v) is 11.3. The van der Waals surface area contributed by atoms with Gasteiger partial charge in [-0.2, -0.15) is 10.2 Å². The van der Waals surface area contributed by atoms with E-state index in [1.54, 1.807) is 6.20 Å². The molecule has 102 valence electrons. The molecular formula is C12H18N6O. The Morgan fingerprint density at radius 2 is 2.21 bits per heavy atom. The number of hydrogen-bond donors (Lipinski definition) is 2. The third-order valence-corrected chi connectivity index (χ3v) is 3.08. The van der Waals surface area contributed by atoms with Gasteiger partial charge in [0.15, 0.2) is 0 Å². The second kappa shape index (κ2) is 5.13. The molecule has 0 bridgehead atoms. The Bertz CT molecular complexity index is 597. The lowest BCUT2D eigenvalue weighted by Gasteiger charge is -2.06. The summed E-state index contributed by atoms with van der Waals surface area (Å²) >= 11 is 0. The van der Waals surface area contributed by atoms with E-state index in [0.717, 1.165) is 17.0 Å². The first-order valence-electron chi connectivity index (χ1n) is 6.01. The second-order valence-electron chi connectivity index (χ2n) is 4.52. The van der Waals surface area contributed by atoms with Gasteiger partial charge in [-0.25, -0.2) is 0 Å². The highest BCUT2D eigenvalue weighted by molar-refractivity contribution is 5.75. The summed E-state index contributed by atoms with van der Waals surface area (Å²) in [5, 5.41) is 11.1. The molecule has 0 radical (unpaired) electrons. The number of hydrogen-bond acceptors (Lipinski definition) is 4. The maximum absolute atomic E-state index is 11.8. The summed E-state index contributed by atoms with van der Waals surface area (Å²) in [6.07, 6.45) is 3.14. The SMILES string of the molecule is Cc1nn(C)c(C)c1CNC(=O)Cn1cc(N)cn1. The van der Waals surface area contributed by atoms with E-state index < -0.39 is 0 Å². The number of nitrogens with one attached hydrogen (secondary N) is 1. The third kappa shape index (κ3) is 2.93. The van der Waals surface area contributed by atoms with Crippen molar-refractivity contribution in [1.29, 1.82) is 0 Å². The summed E-state index contributed by atoms with van der Waals surface area (Å²) < 4.78 is 3.32. The Morgan fingerprint density at radius 1 is 1.47 bits per heavy atom. The first-order valence-corrected chi connectivity index (χ1v) is 6.01. The Balaban J connectivity index is 1.93. The minimum atomic E-state index is -0.106. The van der Waals surface area contributed by atoms with E-state index in [1.165, 1.54) is 10.9 Å². The third-order valence-electron chi connectivity index (χ3n) is 3.08. The van der Waals surface area contributed by atoms with E-state index in [9.17, 15) is 4.79 Å². The molecule has 19 heavy (non-hydrogen) atoms. The van der Waals surface area contributed by atoms with Crippen molar-refractivity contribution in [2.75, 3.05) is 5.73 Å². The summed E-state index contributed by atoms with van der Waals surface area (Å²) in [7, 11) is 1.89. The highest BCUT2D eigenvalue weighted by atomic mass is 16.2. The van der Waals surface area contributed by atoms with Crippen LogP contribution in [-0.2, 0) is 24.9 Å². The molecule has 0 aromatic carbocycles. The molecule has 2 aromatic rings. The lowest BCUT2D eigenvalue weighted by Crippen LogP contribution is -2.27. The van der Waals surface area contributed by atoms with E-state index in [0.29, 0.717) is 12.2 Å². The van der Waals surface area contributed by atoms with E-state index in [2.05, 4.69) is 15.5 Å². The smallest absolute Gasteiger partial charge is 0.242 e. The van der Waals surface area contributed by atoms with Crippen molar-refractivity contribution in [2.45, 2.75) is 26.9 Å². The quantitative estimate of drug-likeness (QED) is 0.819. The van der Waals surface area contributed by atoms with Crippen molar-refractivity contribution in [3.63, 3.8) is 0 Å². The molecule has 0 atom stereocenters. The van der Waals surface area contributed by atoms with Crippen LogP contribution in [0, 0.1) is 13.8 Å². The van der Waals surface area contributed by atoms with Gasteiger partial charge < -0.3 is 11.1 Å². The number of amides is 1. The van der Waals surface area contributed by atoms with Crippen molar-refractivity contribution < 1.29 is 4.79 Å². The number of nitrogen functional groups attached to an aromatic ring is 1. The molecular weight excluding hydrogens is 244 g/mol. The van der Waals surface area contributed by atoms with E-state index >= 15 is 0 Å². The molecule has 2 aromatic heterocycles. The molecule has 0 saturated carbocycles. The van der Waals surface area contributed by atoms with Crippen LogP contribution in [0.3, 0.4) is 0 Å². The van der Waals surface area contributed by atoms with Crippen molar-refractivity contribution in [3.05, 3.63) is 29.3 Å². The number of carbonyl (C=O) groups excluding carboxylic acids is 1. The fourth-order valence-electron chi connectivity index (χ4n) is 1.93. The Hall–Kier alpha value is -2.31. The summed E-state index contributed by atoms with van der Waals surface area (Å²) in [5.41, 5.74) is 9.13. The van der Waals surface area contributed by atoms with E-state index in [-0.39, 0.29) is 12.5 Å². The van der Waals surface area contributed by atoms with Gasteiger partial charge in [0.2, 0.25) is 5.91 Å². The van der Waals surface area contributed by atoms with Crippen LogP contribution in [0.2, 0.25) is 0 Å². The average molecular weight is 262 g/mol. The number of nitrogens with zero attached hydrogens (tertiary/aromatic N) is 4. The van der Waals surface area contributed by atoms with Gasteiger partial charge in [-0.3, -0.25) is 14.2 Å². The highest BCUT2D eigenvalue weighted by Crippen LogP contribution is 2.11. The summed E-state index contributed by atoms with van der Waals surface area (Å²) in [4.78, 5) is 11.8. The summed E-state index contributed by atoms with van der Waals surface area (Å²) in [5.74, 6) is -0.106. The van der Waals surface area contributed by atoms with Crippen LogP contribution < -0.4 is 11.1 Å². The average Bonchev–Trinajstić information content (AvgIpc) is 2.83. The summed E-state index contributed by atoms with van der Waals surface area (Å²) in [6.45, 7) is 4.55. The molecule has 2 rings (SSSR count). The van der Waals surface area contributed by atoms with Gasteiger partial charge in [0, 0.05) is 31.0 Å². The van der Waals surface area contributed by atoms with Crippen molar-refractivity contribution in [3.8, 4) is 0 Å². The maximum atomic E-state index is 11.8. The largest absolute Gasteiger partial charge is 0.396 e. The van der Waals surface area contributed by atoms with E-state index in [1.807, 2.05) is 25.6 Å². The van der Waals surface area contributed by atoms with Crippen LogP contribution in [-0.4, -0.2) is 25.5 Å². The van der Waals surface area contributed by atoms with Crippen LogP contribution in [0.4, 0.5) is 5.69 Å². The molecule has 0 fully saturated rings. The van der Waals surface area contributed by atoms with Crippen LogP contribution in [0.1, 0.15) is 17.0 Å². The van der Waals surface area contributed by atoms with Crippen molar-refractivity contribution in [1.82, 2.24) is 24.9 Å². The first-order chi connectivity index (χ1) is 8.97. The van der Waals surface area contributed by atoms with Crippen LogP contribution in [0.25, 0.3) is 0 Å². The minimum Gasteiger partial charge on any atom is -0.396 e. The van der Waals surface area contributed by atoms with Gasteiger partial charge in [-0.05, 0) is 13.8 Å². The zero-order chi connectivity index (χ0) is 14.0. The monoisotopic (exact) mass is 262 g/mol. The zero-order valence-electron chi connectivity index (χ0n) is 11.3. The molecule has 0 aliphatic rings. The normalized spacial score (nSPS) is 10.7. The van der Waals surface area contributed by atoms with E-state index in [4.69, 9.17) is 5.73 Å². The number of rotatable bonds is 4. The Kier molecular flexibility index (Phi) is 3.55. The fourth-order valence-corrected chi connectivity index (χ4v) is 1.93. The van der Waals surface area contributed by atoms with Gasteiger partial charge in [-0.1, -0.05) is 0 Å². The molecule has 7 nitrogen and oxygen atoms in total. The standard InChI is InChI=1S/C12H18N6O/c1-8-11(9(2)17(3)16-8)5-14-12(19)7-18-6-10(13)4-15-18/h4,6H,5,7,13H2,1-3H3,(H,14,19). The predicted octanol–water partition coefficient (Wildman–Crippen LogP) is 0.132. The Morgan fingerprint density at radius 3 is 2.74 bits per heavy atom.